The number of nitrogens with zero attached hydrogens (tertiary/aromatic N) is 3. The second-order valence-corrected chi connectivity index (χ2v) is 2.84. The number of aromatic nitrogens is 2. The Kier molecular flexibility index (Phi) is 3.33. The fraction of sp³-hybridized carbons (Fsp3) is 0.375. The minimum absolute atomic E-state index is 0.186. The van der Waals surface area contributed by atoms with E-state index in [1.165, 1.54) is 6.33 Å². The van der Waals surface area contributed by atoms with E-state index in [0.717, 1.165) is 5.56 Å². The summed E-state index contributed by atoms with van der Waals surface area (Å²) in [7, 11) is 0. The Balaban J connectivity index is 2.91. The molecule has 1 heterocycles. The van der Waals surface area contributed by atoms with Crippen molar-refractivity contribution in [2.75, 3.05) is 0 Å². The molecule has 0 radical (unpaired) electrons. The summed E-state index contributed by atoms with van der Waals surface area (Å²) < 4.78 is 0. The van der Waals surface area contributed by atoms with Crippen LogP contribution in [-0.2, 0) is 0 Å². The largest absolute Gasteiger partial charge is 0.308 e. The highest BCUT2D eigenvalue weighted by Crippen LogP contribution is 1.96. The lowest BCUT2D eigenvalue weighted by Gasteiger charge is -2.05. The van der Waals surface area contributed by atoms with Gasteiger partial charge in [-0.2, -0.15) is 0 Å². The number of hydrazine groups is 1. The van der Waals surface area contributed by atoms with Crippen LogP contribution in [0.3, 0.4) is 0 Å². The molecule has 3 N–H and O–H groups in total. The molecule has 5 heteroatoms. The van der Waals surface area contributed by atoms with Gasteiger partial charge in [0.15, 0.2) is 0 Å². The molecule has 1 rings (SSSR count). The van der Waals surface area contributed by atoms with Crippen LogP contribution in [-0.4, -0.2) is 21.8 Å². The number of nitrogens with one attached hydrogen (secondary N) is 1. The lowest BCUT2D eigenvalue weighted by molar-refractivity contribution is 0.819. The molecule has 5 nitrogen and oxygen atoms in total. The second-order valence-electron chi connectivity index (χ2n) is 2.84. The highest BCUT2D eigenvalue weighted by molar-refractivity contribution is 5.97. The van der Waals surface area contributed by atoms with Crippen LogP contribution in [0.25, 0.3) is 0 Å². The van der Waals surface area contributed by atoms with Crippen molar-refractivity contribution in [2.45, 2.75) is 19.9 Å². The Labute approximate surface area is 77.1 Å². The number of nitrogens with two attached hydrogens (primary N) is 1. The van der Waals surface area contributed by atoms with Gasteiger partial charge in [-0.1, -0.05) is 0 Å². The zero-order chi connectivity index (χ0) is 9.68. The molecular formula is C8H13N5. The predicted molar refractivity (Wildman–Crippen MR) is 51.0 cm³/mol. The number of hydrogen-bond acceptors (Lipinski definition) is 4. The summed E-state index contributed by atoms with van der Waals surface area (Å²) in [4.78, 5) is 12.0. The first-order valence-electron chi connectivity index (χ1n) is 4.04. The van der Waals surface area contributed by atoms with Crippen LogP contribution in [0, 0.1) is 0 Å². The summed E-state index contributed by atoms with van der Waals surface area (Å²) in [6.45, 7) is 3.95. The first-order chi connectivity index (χ1) is 6.24. The molecule has 0 fully saturated rings. The van der Waals surface area contributed by atoms with Gasteiger partial charge in [-0.05, 0) is 13.8 Å². The van der Waals surface area contributed by atoms with Crippen LogP contribution in [0.1, 0.15) is 19.4 Å². The Bertz CT molecular complexity index is 280. The molecule has 0 aliphatic carbocycles. The molecule has 70 valence electrons. The standard InChI is InChI=1S/C8H13N5/c1-6(2)12-8(13-9)7-3-10-5-11-4-7/h3-6H,9H2,1-2H3,(H,12,13). The monoisotopic (exact) mass is 179 g/mol. The van der Waals surface area contributed by atoms with Gasteiger partial charge in [-0.3, -0.25) is 4.99 Å². The molecule has 0 bridgehead atoms. The van der Waals surface area contributed by atoms with Crippen LogP contribution in [0.15, 0.2) is 23.7 Å². The van der Waals surface area contributed by atoms with Crippen LogP contribution in [0.2, 0.25) is 0 Å². The molecule has 1 aromatic rings. The maximum atomic E-state index is 5.32. The van der Waals surface area contributed by atoms with Gasteiger partial charge >= 0.3 is 0 Å². The van der Waals surface area contributed by atoms with Gasteiger partial charge in [0.05, 0.1) is 5.56 Å². The summed E-state index contributed by atoms with van der Waals surface area (Å²) in [6.07, 6.45) is 4.79. The molecular weight excluding hydrogens is 166 g/mol. The van der Waals surface area contributed by atoms with E-state index < -0.39 is 0 Å². The summed E-state index contributed by atoms with van der Waals surface area (Å²) in [5.41, 5.74) is 3.31. The van der Waals surface area contributed by atoms with E-state index in [1.807, 2.05) is 13.8 Å². The fourth-order valence-corrected chi connectivity index (χ4v) is 0.875. The second kappa shape index (κ2) is 4.51. The predicted octanol–water partition coefficient (Wildman–Crippen LogP) is 0.0949. The van der Waals surface area contributed by atoms with Crippen molar-refractivity contribution in [1.29, 1.82) is 0 Å². The maximum absolute atomic E-state index is 5.32. The first-order valence-corrected chi connectivity index (χ1v) is 4.04. The third-order valence-corrected chi connectivity index (χ3v) is 1.36. The van der Waals surface area contributed by atoms with Crippen molar-refractivity contribution in [3.8, 4) is 0 Å². The molecule has 0 aromatic carbocycles. The molecule has 0 atom stereocenters. The Morgan fingerprint density at radius 1 is 1.46 bits per heavy atom. The van der Waals surface area contributed by atoms with Crippen molar-refractivity contribution in [2.24, 2.45) is 10.8 Å². The van der Waals surface area contributed by atoms with Crippen LogP contribution < -0.4 is 11.3 Å². The van der Waals surface area contributed by atoms with Gasteiger partial charge < -0.3 is 5.43 Å². The van der Waals surface area contributed by atoms with Crippen LogP contribution in [0.4, 0.5) is 0 Å². The van der Waals surface area contributed by atoms with E-state index in [0.29, 0.717) is 5.84 Å². The highest BCUT2D eigenvalue weighted by atomic mass is 15.3. The SMILES string of the molecule is CC(C)N=C(NN)c1cncnc1. The van der Waals surface area contributed by atoms with Gasteiger partial charge in [0.25, 0.3) is 0 Å². The van der Waals surface area contributed by atoms with Crippen molar-refractivity contribution < 1.29 is 0 Å². The molecule has 0 saturated carbocycles. The van der Waals surface area contributed by atoms with Crippen molar-refractivity contribution in [1.82, 2.24) is 15.4 Å². The molecule has 0 aliphatic heterocycles. The van der Waals surface area contributed by atoms with E-state index in [2.05, 4.69) is 20.4 Å². The highest BCUT2D eigenvalue weighted by Gasteiger charge is 2.01. The molecule has 0 saturated heterocycles. The lowest BCUT2D eigenvalue weighted by atomic mass is 10.3. The van der Waals surface area contributed by atoms with E-state index >= 15 is 0 Å². The smallest absolute Gasteiger partial charge is 0.145 e. The summed E-state index contributed by atoms with van der Waals surface area (Å²) in [5.74, 6) is 5.92. The topological polar surface area (TPSA) is 76.2 Å². The van der Waals surface area contributed by atoms with E-state index in [-0.39, 0.29) is 6.04 Å². The third kappa shape index (κ3) is 2.79. The molecule has 13 heavy (non-hydrogen) atoms. The maximum Gasteiger partial charge on any atom is 0.145 e. The molecule has 1 aromatic heterocycles. The van der Waals surface area contributed by atoms with Gasteiger partial charge in [0, 0.05) is 18.4 Å². The van der Waals surface area contributed by atoms with Crippen molar-refractivity contribution >= 4 is 5.84 Å². The molecule has 0 amide bonds. The van der Waals surface area contributed by atoms with Gasteiger partial charge in [-0.15, -0.1) is 0 Å². The summed E-state index contributed by atoms with van der Waals surface area (Å²) in [6, 6.07) is 0.186. The zero-order valence-corrected chi connectivity index (χ0v) is 7.73. The van der Waals surface area contributed by atoms with Crippen LogP contribution in [0.5, 0.6) is 0 Å². The Morgan fingerprint density at radius 3 is 2.54 bits per heavy atom. The first kappa shape index (κ1) is 9.60. The fourth-order valence-electron chi connectivity index (χ4n) is 0.875. The van der Waals surface area contributed by atoms with Crippen molar-refractivity contribution in [3.63, 3.8) is 0 Å². The van der Waals surface area contributed by atoms with Gasteiger partial charge in [0.2, 0.25) is 0 Å². The number of aliphatic imine (C=N–C) groups is 1. The number of rotatable bonds is 2. The van der Waals surface area contributed by atoms with Crippen LogP contribution >= 0.6 is 0 Å². The Morgan fingerprint density at radius 2 is 2.08 bits per heavy atom. The average Bonchev–Trinajstić information content (AvgIpc) is 2.15. The zero-order valence-electron chi connectivity index (χ0n) is 7.73. The summed E-state index contributed by atoms with van der Waals surface area (Å²) >= 11 is 0. The lowest BCUT2D eigenvalue weighted by Crippen LogP contribution is -2.32. The molecule has 0 unspecified atom stereocenters. The van der Waals surface area contributed by atoms with E-state index in [1.54, 1.807) is 12.4 Å². The van der Waals surface area contributed by atoms with E-state index in [9.17, 15) is 0 Å². The minimum atomic E-state index is 0.186. The quantitative estimate of drug-likeness (QED) is 0.292. The summed E-state index contributed by atoms with van der Waals surface area (Å²) in [5, 5.41) is 0. The number of amidine groups is 1. The third-order valence-electron chi connectivity index (χ3n) is 1.36. The average molecular weight is 179 g/mol. The Hall–Kier alpha value is -1.49. The normalized spacial score (nSPS) is 11.8. The number of hydrogen-bond donors (Lipinski definition) is 2. The molecule has 0 aliphatic rings. The van der Waals surface area contributed by atoms with Gasteiger partial charge in [-0.25, -0.2) is 15.8 Å². The minimum Gasteiger partial charge on any atom is -0.308 e. The van der Waals surface area contributed by atoms with Gasteiger partial charge in [0.1, 0.15) is 12.2 Å². The van der Waals surface area contributed by atoms with E-state index in [4.69, 9.17) is 5.84 Å². The molecule has 0 spiro atoms. The van der Waals surface area contributed by atoms with Crippen molar-refractivity contribution in [3.05, 3.63) is 24.3 Å².